The van der Waals surface area contributed by atoms with Gasteiger partial charge < -0.3 is 15.5 Å². The van der Waals surface area contributed by atoms with Crippen LogP contribution in [-0.2, 0) is 11.2 Å². The molecular formula is C23H29N3O2S. The minimum atomic E-state index is -0.0407. The number of nitrogens with one attached hydrogen (secondary N) is 2. The molecule has 0 unspecified atom stereocenters. The number of amides is 2. The number of carbonyl (C=O) groups excluding carboxylic acids is 2. The Kier molecular flexibility index (Phi) is 7.58. The molecule has 154 valence electrons. The summed E-state index contributed by atoms with van der Waals surface area (Å²) in [6.07, 6.45) is 1.80. The van der Waals surface area contributed by atoms with Gasteiger partial charge in [0.05, 0.1) is 6.54 Å². The van der Waals surface area contributed by atoms with E-state index in [9.17, 15) is 9.59 Å². The molecule has 0 saturated carbocycles. The van der Waals surface area contributed by atoms with Gasteiger partial charge in [0.15, 0.2) is 0 Å². The SMILES string of the molecule is CC(C)NC(=O)c1cccc2c1CCCN2CC(=O)NCCSc1ccccc1. The summed E-state index contributed by atoms with van der Waals surface area (Å²) in [7, 11) is 0. The van der Waals surface area contributed by atoms with E-state index in [4.69, 9.17) is 0 Å². The highest BCUT2D eigenvalue weighted by Crippen LogP contribution is 2.29. The topological polar surface area (TPSA) is 61.4 Å². The van der Waals surface area contributed by atoms with Crippen molar-refractivity contribution in [3.05, 3.63) is 59.7 Å². The van der Waals surface area contributed by atoms with E-state index < -0.39 is 0 Å². The van der Waals surface area contributed by atoms with Gasteiger partial charge in [0.25, 0.3) is 5.91 Å². The van der Waals surface area contributed by atoms with Gasteiger partial charge in [-0.1, -0.05) is 24.3 Å². The quantitative estimate of drug-likeness (QED) is 0.516. The molecule has 1 aliphatic heterocycles. The van der Waals surface area contributed by atoms with Crippen molar-refractivity contribution in [2.45, 2.75) is 37.6 Å². The van der Waals surface area contributed by atoms with Crippen molar-refractivity contribution in [1.29, 1.82) is 0 Å². The van der Waals surface area contributed by atoms with E-state index in [2.05, 4.69) is 27.7 Å². The maximum atomic E-state index is 12.5. The minimum absolute atomic E-state index is 0.0172. The number of rotatable bonds is 8. The third kappa shape index (κ3) is 6.00. The summed E-state index contributed by atoms with van der Waals surface area (Å²) in [4.78, 5) is 28.3. The average Bonchev–Trinajstić information content (AvgIpc) is 2.71. The molecule has 0 bridgehead atoms. The van der Waals surface area contributed by atoms with Gasteiger partial charge in [-0.05, 0) is 56.5 Å². The Hall–Kier alpha value is -2.47. The molecule has 6 heteroatoms. The van der Waals surface area contributed by atoms with Crippen LogP contribution in [0.25, 0.3) is 0 Å². The molecule has 2 aromatic rings. The second-order valence-electron chi connectivity index (χ2n) is 7.47. The van der Waals surface area contributed by atoms with Gasteiger partial charge in [0, 0.05) is 41.0 Å². The van der Waals surface area contributed by atoms with E-state index in [-0.39, 0.29) is 17.9 Å². The van der Waals surface area contributed by atoms with Crippen LogP contribution < -0.4 is 15.5 Å². The largest absolute Gasteiger partial charge is 0.362 e. The zero-order chi connectivity index (χ0) is 20.6. The van der Waals surface area contributed by atoms with Gasteiger partial charge in [-0.3, -0.25) is 9.59 Å². The summed E-state index contributed by atoms with van der Waals surface area (Å²) in [5.41, 5.74) is 2.77. The van der Waals surface area contributed by atoms with Crippen LogP contribution in [0, 0.1) is 0 Å². The van der Waals surface area contributed by atoms with Crippen LogP contribution in [-0.4, -0.2) is 43.2 Å². The molecule has 5 nitrogen and oxygen atoms in total. The fourth-order valence-electron chi connectivity index (χ4n) is 3.52. The standard InChI is InChI=1S/C23H29N3O2S/c1-17(2)25-23(28)20-10-6-12-21-19(20)11-7-14-26(21)16-22(27)24-13-15-29-18-8-4-3-5-9-18/h3-6,8-10,12,17H,7,11,13-16H2,1-2H3,(H,24,27)(H,25,28). The Morgan fingerprint density at radius 1 is 1.10 bits per heavy atom. The van der Waals surface area contributed by atoms with Gasteiger partial charge in [-0.15, -0.1) is 11.8 Å². The Labute approximate surface area is 177 Å². The van der Waals surface area contributed by atoms with Crippen molar-refractivity contribution in [3.63, 3.8) is 0 Å². The first kappa shape index (κ1) is 21.2. The molecule has 0 fully saturated rings. The highest BCUT2D eigenvalue weighted by atomic mass is 32.2. The monoisotopic (exact) mass is 411 g/mol. The number of carbonyl (C=O) groups is 2. The zero-order valence-electron chi connectivity index (χ0n) is 17.1. The summed E-state index contributed by atoms with van der Waals surface area (Å²) >= 11 is 1.73. The summed E-state index contributed by atoms with van der Waals surface area (Å²) in [6.45, 7) is 5.70. The van der Waals surface area contributed by atoms with E-state index in [0.717, 1.165) is 42.0 Å². The zero-order valence-corrected chi connectivity index (χ0v) is 17.9. The molecule has 2 aromatic carbocycles. The predicted molar refractivity (Wildman–Crippen MR) is 120 cm³/mol. The van der Waals surface area contributed by atoms with Crippen molar-refractivity contribution in [2.24, 2.45) is 0 Å². The summed E-state index contributed by atoms with van der Waals surface area (Å²) in [5, 5.41) is 5.99. The lowest BCUT2D eigenvalue weighted by molar-refractivity contribution is -0.119. The predicted octanol–water partition coefficient (Wildman–Crippen LogP) is 3.49. The molecular weight excluding hydrogens is 382 g/mol. The fraction of sp³-hybridized carbons (Fsp3) is 0.391. The summed E-state index contributed by atoms with van der Waals surface area (Å²) < 4.78 is 0. The van der Waals surface area contributed by atoms with Gasteiger partial charge in [-0.25, -0.2) is 0 Å². The number of anilines is 1. The van der Waals surface area contributed by atoms with E-state index in [0.29, 0.717) is 13.1 Å². The van der Waals surface area contributed by atoms with Crippen molar-refractivity contribution in [3.8, 4) is 0 Å². The third-order valence-electron chi connectivity index (χ3n) is 4.78. The lowest BCUT2D eigenvalue weighted by atomic mass is 9.95. The van der Waals surface area contributed by atoms with Crippen LogP contribution in [0.2, 0.25) is 0 Å². The Morgan fingerprint density at radius 3 is 2.66 bits per heavy atom. The number of nitrogens with zero attached hydrogens (tertiary/aromatic N) is 1. The lowest BCUT2D eigenvalue weighted by Crippen LogP contribution is -2.41. The molecule has 0 atom stereocenters. The smallest absolute Gasteiger partial charge is 0.251 e. The third-order valence-corrected chi connectivity index (χ3v) is 5.80. The molecule has 0 aliphatic carbocycles. The van der Waals surface area contributed by atoms with Crippen molar-refractivity contribution in [1.82, 2.24) is 10.6 Å². The molecule has 0 spiro atoms. The van der Waals surface area contributed by atoms with E-state index in [1.165, 1.54) is 4.90 Å². The first-order valence-corrected chi connectivity index (χ1v) is 11.2. The molecule has 3 rings (SSSR count). The normalized spacial score (nSPS) is 13.1. The maximum Gasteiger partial charge on any atom is 0.251 e. The average molecular weight is 412 g/mol. The molecule has 0 saturated heterocycles. The van der Waals surface area contributed by atoms with E-state index in [1.807, 2.05) is 50.2 Å². The van der Waals surface area contributed by atoms with E-state index in [1.54, 1.807) is 11.8 Å². The second-order valence-corrected chi connectivity index (χ2v) is 8.64. The Morgan fingerprint density at radius 2 is 1.90 bits per heavy atom. The van der Waals surface area contributed by atoms with Crippen LogP contribution in [0.1, 0.15) is 36.2 Å². The van der Waals surface area contributed by atoms with Crippen molar-refractivity contribution in [2.75, 3.05) is 30.3 Å². The lowest BCUT2D eigenvalue weighted by Gasteiger charge is -2.32. The number of hydrogen-bond donors (Lipinski definition) is 2. The van der Waals surface area contributed by atoms with Gasteiger partial charge in [0.2, 0.25) is 5.91 Å². The van der Waals surface area contributed by atoms with Crippen LogP contribution in [0.4, 0.5) is 5.69 Å². The number of thioether (sulfide) groups is 1. The number of fused-ring (bicyclic) bond motifs is 1. The van der Waals surface area contributed by atoms with Crippen molar-refractivity contribution >= 4 is 29.3 Å². The highest BCUT2D eigenvalue weighted by molar-refractivity contribution is 7.99. The molecule has 0 radical (unpaired) electrons. The molecule has 1 heterocycles. The first-order chi connectivity index (χ1) is 14.0. The van der Waals surface area contributed by atoms with Crippen LogP contribution in [0.3, 0.4) is 0 Å². The minimum Gasteiger partial charge on any atom is -0.362 e. The second kappa shape index (κ2) is 10.3. The molecule has 1 aliphatic rings. The van der Waals surface area contributed by atoms with Crippen molar-refractivity contribution < 1.29 is 9.59 Å². The van der Waals surface area contributed by atoms with E-state index >= 15 is 0 Å². The molecule has 2 amide bonds. The van der Waals surface area contributed by atoms with Gasteiger partial charge in [0.1, 0.15) is 0 Å². The van der Waals surface area contributed by atoms with Crippen LogP contribution >= 0.6 is 11.8 Å². The highest BCUT2D eigenvalue weighted by Gasteiger charge is 2.23. The Bertz CT molecular complexity index is 839. The van der Waals surface area contributed by atoms with Gasteiger partial charge in [-0.2, -0.15) is 0 Å². The van der Waals surface area contributed by atoms with Gasteiger partial charge >= 0.3 is 0 Å². The Balaban J connectivity index is 1.56. The van der Waals surface area contributed by atoms with Crippen LogP contribution in [0.15, 0.2) is 53.4 Å². The summed E-state index contributed by atoms with van der Waals surface area (Å²) in [6, 6.07) is 16.1. The number of hydrogen-bond acceptors (Lipinski definition) is 4. The van der Waals surface area contributed by atoms with Crippen LogP contribution in [0.5, 0.6) is 0 Å². The summed E-state index contributed by atoms with van der Waals surface area (Å²) in [5.74, 6) is 0.816. The fourth-order valence-corrected chi connectivity index (χ4v) is 4.31. The molecule has 29 heavy (non-hydrogen) atoms. The molecule has 0 aromatic heterocycles. The maximum absolute atomic E-state index is 12.5. The molecule has 2 N–H and O–H groups in total. The number of benzene rings is 2. The first-order valence-electron chi connectivity index (χ1n) is 10.2.